The first-order valence-corrected chi connectivity index (χ1v) is 9.23. The second-order valence-corrected chi connectivity index (χ2v) is 6.15. The van der Waals surface area contributed by atoms with Crippen molar-refractivity contribution in [3.05, 3.63) is 0 Å². The molecule has 1 amide bonds. The van der Waals surface area contributed by atoms with Crippen LogP contribution in [0.5, 0.6) is 0 Å². The fourth-order valence-corrected chi connectivity index (χ4v) is 2.41. The van der Waals surface area contributed by atoms with Gasteiger partial charge in [-0.25, -0.2) is 0 Å². The third kappa shape index (κ3) is 14.1. The van der Waals surface area contributed by atoms with E-state index in [4.69, 9.17) is 0 Å². The van der Waals surface area contributed by atoms with Gasteiger partial charge in [0.1, 0.15) is 0 Å². The average Bonchev–Trinajstić information content (AvgIpc) is 2.49. The molecule has 0 saturated heterocycles. The van der Waals surface area contributed by atoms with Crippen LogP contribution in [0.4, 0.5) is 0 Å². The lowest BCUT2D eigenvalue weighted by molar-refractivity contribution is -0.122. The van der Waals surface area contributed by atoms with E-state index in [1.54, 1.807) is 0 Å². The summed E-state index contributed by atoms with van der Waals surface area (Å²) in [6.07, 6.45) is 14.1. The Hall–Kier alpha value is -0.570. The fourth-order valence-electron chi connectivity index (χ4n) is 2.41. The molecular formula is C18H38N2O. The molecule has 2 N–H and O–H groups in total. The molecule has 3 heteroatoms. The number of amides is 1. The zero-order valence-electron chi connectivity index (χ0n) is 14.7. The molecule has 0 spiro atoms. The number of unbranched alkanes of at least 4 members (excludes halogenated alkanes) is 9. The van der Waals surface area contributed by atoms with E-state index in [-0.39, 0.29) is 11.9 Å². The van der Waals surface area contributed by atoms with Gasteiger partial charge in [0.25, 0.3) is 0 Å². The Morgan fingerprint density at radius 2 is 1.24 bits per heavy atom. The molecule has 1 unspecified atom stereocenters. The molecule has 1 atom stereocenters. The molecule has 0 heterocycles. The third-order valence-corrected chi connectivity index (χ3v) is 3.95. The molecule has 0 bridgehead atoms. The quantitative estimate of drug-likeness (QED) is 0.440. The minimum absolute atomic E-state index is 0.0591. The highest BCUT2D eigenvalue weighted by molar-refractivity contribution is 5.81. The average molecular weight is 299 g/mol. The van der Waals surface area contributed by atoms with Crippen LogP contribution in [0.2, 0.25) is 0 Å². The first-order chi connectivity index (χ1) is 10.2. The summed E-state index contributed by atoms with van der Waals surface area (Å²) in [6.45, 7) is 8.16. The number of nitrogens with one attached hydrogen (secondary N) is 2. The standard InChI is InChI=1S/C18H38N2O/c1-4-6-8-9-10-11-12-14-15-19-17(3)18(21)20-16-13-7-5-2/h17,19H,4-16H2,1-3H3,(H,20,21). The lowest BCUT2D eigenvalue weighted by Crippen LogP contribution is -2.42. The molecule has 0 rings (SSSR count). The Morgan fingerprint density at radius 3 is 1.86 bits per heavy atom. The first-order valence-electron chi connectivity index (χ1n) is 9.23. The normalized spacial score (nSPS) is 12.3. The van der Waals surface area contributed by atoms with Crippen LogP contribution in [-0.4, -0.2) is 25.0 Å². The van der Waals surface area contributed by atoms with Crippen LogP contribution in [0.25, 0.3) is 0 Å². The van der Waals surface area contributed by atoms with E-state index in [1.807, 2.05) is 6.92 Å². The zero-order valence-corrected chi connectivity index (χ0v) is 14.7. The van der Waals surface area contributed by atoms with Gasteiger partial charge in [-0.05, 0) is 26.3 Å². The molecule has 126 valence electrons. The molecule has 0 aromatic heterocycles. The van der Waals surface area contributed by atoms with Gasteiger partial charge < -0.3 is 10.6 Å². The highest BCUT2D eigenvalue weighted by Crippen LogP contribution is 2.07. The van der Waals surface area contributed by atoms with Crippen molar-refractivity contribution < 1.29 is 4.79 Å². The Balaban J connectivity index is 3.32. The van der Waals surface area contributed by atoms with Gasteiger partial charge in [-0.15, -0.1) is 0 Å². The maximum Gasteiger partial charge on any atom is 0.236 e. The van der Waals surface area contributed by atoms with Crippen molar-refractivity contribution >= 4 is 5.91 Å². The van der Waals surface area contributed by atoms with Crippen LogP contribution >= 0.6 is 0 Å². The Kier molecular flexibility index (Phi) is 15.4. The van der Waals surface area contributed by atoms with Gasteiger partial charge >= 0.3 is 0 Å². The van der Waals surface area contributed by atoms with Crippen molar-refractivity contribution in [3.63, 3.8) is 0 Å². The van der Waals surface area contributed by atoms with Crippen LogP contribution in [-0.2, 0) is 4.79 Å². The van der Waals surface area contributed by atoms with Gasteiger partial charge in [0, 0.05) is 6.54 Å². The molecule has 21 heavy (non-hydrogen) atoms. The second-order valence-electron chi connectivity index (χ2n) is 6.15. The summed E-state index contributed by atoms with van der Waals surface area (Å²) in [7, 11) is 0. The molecule has 0 aliphatic carbocycles. The van der Waals surface area contributed by atoms with E-state index in [9.17, 15) is 4.79 Å². The predicted molar refractivity (Wildman–Crippen MR) is 92.6 cm³/mol. The number of carbonyl (C=O) groups is 1. The van der Waals surface area contributed by atoms with Crippen molar-refractivity contribution in [3.8, 4) is 0 Å². The Morgan fingerprint density at radius 1 is 0.762 bits per heavy atom. The van der Waals surface area contributed by atoms with Crippen molar-refractivity contribution in [2.24, 2.45) is 0 Å². The second kappa shape index (κ2) is 15.8. The van der Waals surface area contributed by atoms with E-state index in [0.29, 0.717) is 0 Å². The summed E-state index contributed by atoms with van der Waals surface area (Å²) in [4.78, 5) is 11.8. The van der Waals surface area contributed by atoms with Crippen LogP contribution in [0.15, 0.2) is 0 Å². The highest BCUT2D eigenvalue weighted by atomic mass is 16.2. The number of hydrogen-bond donors (Lipinski definition) is 2. The minimum Gasteiger partial charge on any atom is -0.355 e. The Labute approximate surface area is 132 Å². The van der Waals surface area contributed by atoms with E-state index in [0.717, 1.165) is 19.5 Å². The lowest BCUT2D eigenvalue weighted by atomic mass is 10.1. The maximum absolute atomic E-state index is 11.8. The maximum atomic E-state index is 11.8. The number of carbonyl (C=O) groups excluding carboxylic acids is 1. The van der Waals surface area contributed by atoms with Crippen molar-refractivity contribution in [2.75, 3.05) is 13.1 Å². The van der Waals surface area contributed by atoms with E-state index < -0.39 is 0 Å². The minimum atomic E-state index is -0.0591. The van der Waals surface area contributed by atoms with Crippen molar-refractivity contribution in [2.45, 2.75) is 97.4 Å². The van der Waals surface area contributed by atoms with Gasteiger partial charge in [-0.3, -0.25) is 4.79 Å². The van der Waals surface area contributed by atoms with Gasteiger partial charge in [0.15, 0.2) is 0 Å². The zero-order chi connectivity index (χ0) is 15.8. The first kappa shape index (κ1) is 20.4. The molecule has 0 radical (unpaired) electrons. The SMILES string of the molecule is CCCCCCCCCCNC(C)C(=O)NCCCCC. The fraction of sp³-hybridized carbons (Fsp3) is 0.944. The lowest BCUT2D eigenvalue weighted by Gasteiger charge is -2.14. The molecule has 0 aliphatic rings. The van der Waals surface area contributed by atoms with Crippen LogP contribution in [0.1, 0.15) is 91.4 Å². The topological polar surface area (TPSA) is 41.1 Å². The molecule has 0 saturated carbocycles. The summed E-state index contributed by atoms with van der Waals surface area (Å²) >= 11 is 0. The smallest absolute Gasteiger partial charge is 0.236 e. The summed E-state index contributed by atoms with van der Waals surface area (Å²) in [5.41, 5.74) is 0. The molecular weight excluding hydrogens is 260 g/mol. The van der Waals surface area contributed by atoms with Crippen LogP contribution in [0.3, 0.4) is 0 Å². The van der Waals surface area contributed by atoms with Crippen molar-refractivity contribution in [1.82, 2.24) is 10.6 Å². The third-order valence-electron chi connectivity index (χ3n) is 3.95. The van der Waals surface area contributed by atoms with Gasteiger partial charge in [-0.1, -0.05) is 71.6 Å². The van der Waals surface area contributed by atoms with Gasteiger partial charge in [0.2, 0.25) is 5.91 Å². The van der Waals surface area contributed by atoms with E-state index in [2.05, 4.69) is 24.5 Å². The van der Waals surface area contributed by atoms with E-state index in [1.165, 1.54) is 64.2 Å². The summed E-state index contributed by atoms with van der Waals surface area (Å²) in [6, 6.07) is -0.0591. The van der Waals surface area contributed by atoms with Gasteiger partial charge in [-0.2, -0.15) is 0 Å². The Bertz CT molecular complexity index is 231. The summed E-state index contributed by atoms with van der Waals surface area (Å²) < 4.78 is 0. The monoisotopic (exact) mass is 298 g/mol. The van der Waals surface area contributed by atoms with Crippen molar-refractivity contribution in [1.29, 1.82) is 0 Å². The molecule has 0 aromatic carbocycles. The summed E-state index contributed by atoms with van der Waals surface area (Å²) in [5.74, 6) is 0.144. The van der Waals surface area contributed by atoms with Gasteiger partial charge in [0.05, 0.1) is 6.04 Å². The van der Waals surface area contributed by atoms with Crippen LogP contribution in [0, 0.1) is 0 Å². The number of rotatable bonds is 15. The molecule has 0 aromatic rings. The van der Waals surface area contributed by atoms with Crippen LogP contribution < -0.4 is 10.6 Å². The number of hydrogen-bond acceptors (Lipinski definition) is 2. The largest absolute Gasteiger partial charge is 0.355 e. The molecule has 0 fully saturated rings. The predicted octanol–water partition coefficient (Wildman–Crippen LogP) is 4.41. The molecule has 3 nitrogen and oxygen atoms in total. The summed E-state index contributed by atoms with van der Waals surface area (Å²) in [5, 5.41) is 6.32. The highest BCUT2D eigenvalue weighted by Gasteiger charge is 2.10. The van der Waals surface area contributed by atoms with E-state index >= 15 is 0 Å². The molecule has 0 aliphatic heterocycles.